The molecule has 0 unspecified atom stereocenters. The molecule has 5 aromatic rings. The van der Waals surface area contributed by atoms with Crippen LogP contribution < -0.4 is 14.9 Å². The molecule has 0 bridgehead atoms. The Labute approximate surface area is 275 Å². The van der Waals surface area contributed by atoms with Crippen LogP contribution in [0.5, 0.6) is 0 Å². The smallest absolute Gasteiger partial charge is 0.338 e. The molecule has 0 amide bonds. The summed E-state index contributed by atoms with van der Waals surface area (Å²) in [6.45, 7) is 8.21. The van der Waals surface area contributed by atoms with E-state index in [0.29, 0.717) is 49.2 Å². The largest absolute Gasteiger partial charge is 0.463 e. The van der Waals surface area contributed by atoms with Crippen LogP contribution in [0.25, 0.3) is 23.1 Å². The number of fused-ring (bicyclic) bond motifs is 1. The Bertz CT molecular complexity index is 2150. The zero-order valence-electron chi connectivity index (χ0n) is 26.6. The number of aromatic nitrogens is 1. The van der Waals surface area contributed by atoms with E-state index in [4.69, 9.17) is 18.9 Å². The van der Waals surface area contributed by atoms with Crippen molar-refractivity contribution in [1.29, 1.82) is 0 Å². The van der Waals surface area contributed by atoms with Crippen LogP contribution in [-0.4, -0.2) is 29.7 Å². The van der Waals surface area contributed by atoms with Crippen LogP contribution in [0, 0.1) is 0 Å². The molecule has 8 nitrogen and oxygen atoms in total. The quantitative estimate of drug-likeness (QED) is 0.170. The topological polar surface area (TPSA) is 100 Å². The molecule has 3 aromatic carbocycles. The van der Waals surface area contributed by atoms with Crippen molar-refractivity contribution in [2.45, 2.75) is 39.7 Å². The maximum Gasteiger partial charge on any atom is 0.338 e. The zero-order chi connectivity index (χ0) is 33.1. The van der Waals surface area contributed by atoms with Crippen molar-refractivity contribution < 1.29 is 23.5 Å². The van der Waals surface area contributed by atoms with Gasteiger partial charge in [0, 0.05) is 17.2 Å². The highest BCUT2D eigenvalue weighted by molar-refractivity contribution is 7.07. The van der Waals surface area contributed by atoms with Crippen molar-refractivity contribution in [2.24, 2.45) is 4.99 Å². The number of carbonyl (C=O) groups is 2. The van der Waals surface area contributed by atoms with Crippen molar-refractivity contribution in [2.75, 3.05) is 13.2 Å². The molecule has 1 atom stereocenters. The summed E-state index contributed by atoms with van der Waals surface area (Å²) in [5, 5.41) is 0. The van der Waals surface area contributed by atoms with E-state index in [2.05, 4.69) is 13.8 Å². The number of thiazole rings is 1. The van der Waals surface area contributed by atoms with Gasteiger partial charge in [-0.1, -0.05) is 91.9 Å². The van der Waals surface area contributed by atoms with Crippen molar-refractivity contribution >= 4 is 35.0 Å². The highest BCUT2D eigenvalue weighted by Crippen LogP contribution is 2.35. The Morgan fingerprint density at radius 3 is 2.30 bits per heavy atom. The number of hydrogen-bond donors (Lipinski definition) is 0. The van der Waals surface area contributed by atoms with Gasteiger partial charge in [0.05, 0.1) is 40.6 Å². The van der Waals surface area contributed by atoms with Crippen molar-refractivity contribution in [3.8, 4) is 11.3 Å². The maximum absolute atomic E-state index is 14.2. The van der Waals surface area contributed by atoms with Crippen LogP contribution >= 0.6 is 11.3 Å². The Morgan fingerprint density at radius 1 is 0.894 bits per heavy atom. The number of benzene rings is 3. The average molecular weight is 647 g/mol. The zero-order valence-corrected chi connectivity index (χ0v) is 27.4. The van der Waals surface area contributed by atoms with Gasteiger partial charge < -0.3 is 13.9 Å². The van der Waals surface area contributed by atoms with Crippen LogP contribution in [-0.2, 0) is 14.3 Å². The molecule has 0 aliphatic carbocycles. The lowest BCUT2D eigenvalue weighted by atomic mass is 9.91. The molecule has 3 heterocycles. The number of esters is 2. The van der Waals surface area contributed by atoms with E-state index in [0.717, 1.165) is 16.7 Å². The lowest BCUT2D eigenvalue weighted by Crippen LogP contribution is -2.40. The van der Waals surface area contributed by atoms with Gasteiger partial charge in [0.2, 0.25) is 0 Å². The standard InChI is InChI=1S/C38H34N2O6S/c1-5-44-36(42)28-14-10-13-27(21-28)30-20-19-29(46-30)22-31-35(41)40-34(26-17-15-24(16-18-26)23(3)4)32(37(43)45-6-2)33(39-38(40)47-31)25-11-8-7-9-12-25/h7-23,34H,5-6H2,1-4H3/b31-22-/t34-/m1/s1. The van der Waals surface area contributed by atoms with E-state index in [1.165, 1.54) is 11.3 Å². The maximum atomic E-state index is 14.2. The van der Waals surface area contributed by atoms with Gasteiger partial charge in [0.1, 0.15) is 11.5 Å². The molecular formula is C38H34N2O6S. The predicted molar refractivity (Wildman–Crippen MR) is 182 cm³/mol. The molecule has 0 radical (unpaired) electrons. The van der Waals surface area contributed by atoms with Crippen LogP contribution in [0.1, 0.15) is 72.5 Å². The normalized spacial score (nSPS) is 14.6. The molecule has 0 N–H and O–H groups in total. The number of rotatable bonds is 9. The number of hydrogen-bond acceptors (Lipinski definition) is 8. The number of furan rings is 1. The summed E-state index contributed by atoms with van der Waals surface area (Å²) in [5.74, 6) is 0.374. The van der Waals surface area contributed by atoms with Gasteiger partial charge in [-0.05, 0) is 55.2 Å². The summed E-state index contributed by atoms with van der Waals surface area (Å²) in [5.41, 5.74) is 4.26. The average Bonchev–Trinajstić information content (AvgIpc) is 3.68. The van der Waals surface area contributed by atoms with Crippen LogP contribution in [0.3, 0.4) is 0 Å². The molecule has 0 fully saturated rings. The first kappa shape index (κ1) is 31.7. The number of ether oxygens (including phenoxy) is 2. The third-order valence-corrected chi connectivity index (χ3v) is 8.83. The third kappa shape index (κ3) is 6.39. The highest BCUT2D eigenvalue weighted by Gasteiger charge is 2.35. The van der Waals surface area contributed by atoms with E-state index in [1.54, 1.807) is 54.8 Å². The van der Waals surface area contributed by atoms with Gasteiger partial charge in [-0.2, -0.15) is 0 Å². The van der Waals surface area contributed by atoms with E-state index < -0.39 is 18.0 Å². The second kappa shape index (κ2) is 13.6. The Hall–Kier alpha value is -5.28. The Balaban J connectivity index is 1.50. The second-order valence-corrected chi connectivity index (χ2v) is 12.3. The van der Waals surface area contributed by atoms with E-state index in [9.17, 15) is 14.4 Å². The molecule has 0 saturated carbocycles. The first-order valence-electron chi connectivity index (χ1n) is 15.5. The molecule has 1 aliphatic rings. The highest BCUT2D eigenvalue weighted by atomic mass is 32.1. The molecule has 0 spiro atoms. The van der Waals surface area contributed by atoms with Crippen LogP contribution in [0.4, 0.5) is 0 Å². The fraction of sp³-hybridized carbons (Fsp3) is 0.211. The Kier molecular flexibility index (Phi) is 9.17. The molecule has 0 saturated heterocycles. The molecule has 238 valence electrons. The molecule has 2 aromatic heterocycles. The SMILES string of the molecule is CCOC(=O)C1=C(c2ccccc2)N=c2s/c(=C\c3ccc(-c4cccc(C(=O)OCC)c4)o3)c(=O)n2[C@@H]1c1ccc(C(C)C)cc1. The number of carbonyl (C=O) groups excluding carboxylic acids is 2. The summed E-state index contributed by atoms with van der Waals surface area (Å²) in [6.07, 6.45) is 1.68. The number of nitrogens with zero attached hydrogens (tertiary/aromatic N) is 2. The summed E-state index contributed by atoms with van der Waals surface area (Å²) in [4.78, 5) is 45.5. The summed E-state index contributed by atoms with van der Waals surface area (Å²) in [7, 11) is 0. The monoisotopic (exact) mass is 646 g/mol. The van der Waals surface area contributed by atoms with Crippen molar-refractivity contribution in [3.05, 3.63) is 144 Å². The van der Waals surface area contributed by atoms with Gasteiger partial charge in [-0.25, -0.2) is 14.6 Å². The molecule has 9 heteroatoms. The van der Waals surface area contributed by atoms with Crippen LogP contribution in [0.2, 0.25) is 0 Å². The minimum Gasteiger partial charge on any atom is -0.463 e. The van der Waals surface area contributed by atoms with Crippen LogP contribution in [0.15, 0.2) is 111 Å². The Morgan fingerprint density at radius 2 is 1.60 bits per heavy atom. The predicted octanol–water partition coefficient (Wildman–Crippen LogP) is 6.50. The van der Waals surface area contributed by atoms with E-state index in [-0.39, 0.29) is 18.8 Å². The van der Waals surface area contributed by atoms with E-state index in [1.807, 2.05) is 60.7 Å². The van der Waals surface area contributed by atoms with Gasteiger partial charge in [0.25, 0.3) is 5.56 Å². The third-order valence-electron chi connectivity index (χ3n) is 7.85. The molecule has 47 heavy (non-hydrogen) atoms. The van der Waals surface area contributed by atoms with Gasteiger partial charge in [-0.15, -0.1) is 0 Å². The summed E-state index contributed by atoms with van der Waals surface area (Å²) >= 11 is 1.23. The van der Waals surface area contributed by atoms with Crippen molar-refractivity contribution in [1.82, 2.24) is 4.57 Å². The first-order valence-corrected chi connectivity index (χ1v) is 16.4. The van der Waals surface area contributed by atoms with E-state index >= 15 is 0 Å². The summed E-state index contributed by atoms with van der Waals surface area (Å²) in [6, 6.07) is 27.3. The second-order valence-electron chi connectivity index (χ2n) is 11.3. The van der Waals surface area contributed by atoms with Gasteiger partial charge >= 0.3 is 11.9 Å². The summed E-state index contributed by atoms with van der Waals surface area (Å²) < 4.78 is 18.8. The lowest BCUT2D eigenvalue weighted by Gasteiger charge is -2.26. The fourth-order valence-electron chi connectivity index (χ4n) is 5.55. The van der Waals surface area contributed by atoms with Gasteiger partial charge in [0.15, 0.2) is 4.80 Å². The van der Waals surface area contributed by atoms with Gasteiger partial charge in [-0.3, -0.25) is 9.36 Å². The van der Waals surface area contributed by atoms with Crippen molar-refractivity contribution in [3.63, 3.8) is 0 Å². The minimum absolute atomic E-state index is 0.178. The fourth-order valence-corrected chi connectivity index (χ4v) is 6.53. The molecular weight excluding hydrogens is 612 g/mol. The first-order chi connectivity index (χ1) is 22.8. The minimum atomic E-state index is -0.762. The molecule has 1 aliphatic heterocycles. The molecule has 6 rings (SSSR count). The lowest BCUT2D eigenvalue weighted by molar-refractivity contribution is -0.138.